The molecule has 2 aromatic rings. The van der Waals surface area contributed by atoms with Crippen molar-refractivity contribution >= 4 is 11.6 Å². The van der Waals surface area contributed by atoms with Gasteiger partial charge in [-0.1, -0.05) is 0 Å². The van der Waals surface area contributed by atoms with E-state index in [4.69, 9.17) is 0 Å². The number of aromatic nitrogens is 3. The summed E-state index contributed by atoms with van der Waals surface area (Å²) in [6, 6.07) is 1.77. The lowest BCUT2D eigenvalue weighted by Gasteiger charge is -2.10. The Morgan fingerprint density at radius 3 is 2.53 bits per heavy atom. The first-order valence-corrected chi connectivity index (χ1v) is 5.47. The van der Waals surface area contributed by atoms with E-state index < -0.39 is 0 Å². The number of fused-ring (bicyclic) bond motifs is 1. The fourth-order valence-electron chi connectivity index (χ4n) is 1.71. The minimum Gasteiger partial charge on any atom is -0.343 e. The summed E-state index contributed by atoms with van der Waals surface area (Å²) < 4.78 is 1.77. The number of rotatable bonds is 1. The van der Waals surface area contributed by atoms with Gasteiger partial charge in [0.2, 0.25) is 0 Å². The molecule has 0 N–H and O–H groups in total. The second kappa shape index (κ2) is 3.84. The number of carbonyl (C=O) groups excluding carboxylic acids is 1. The molecule has 0 bridgehead atoms. The van der Waals surface area contributed by atoms with Crippen molar-refractivity contribution in [3.05, 3.63) is 28.7 Å². The van der Waals surface area contributed by atoms with Crippen molar-refractivity contribution in [2.24, 2.45) is 0 Å². The number of hydrogen-bond donors (Lipinski definition) is 0. The van der Waals surface area contributed by atoms with E-state index in [1.165, 1.54) is 4.90 Å². The molecule has 1 amide bonds. The van der Waals surface area contributed by atoms with Gasteiger partial charge in [0.1, 0.15) is 5.69 Å². The summed E-state index contributed by atoms with van der Waals surface area (Å²) in [5.74, 6) is -0.0890. The summed E-state index contributed by atoms with van der Waals surface area (Å²) in [5, 5.41) is 4.39. The quantitative estimate of drug-likeness (QED) is 0.746. The lowest BCUT2D eigenvalue weighted by Crippen LogP contribution is -2.23. The average Bonchev–Trinajstić information content (AvgIpc) is 2.55. The summed E-state index contributed by atoms with van der Waals surface area (Å²) >= 11 is 0. The lowest BCUT2D eigenvalue weighted by molar-refractivity contribution is 0.0822. The molecule has 17 heavy (non-hydrogen) atoms. The Morgan fingerprint density at radius 2 is 1.94 bits per heavy atom. The maximum absolute atomic E-state index is 11.9. The highest BCUT2D eigenvalue weighted by Crippen LogP contribution is 2.15. The van der Waals surface area contributed by atoms with Crippen LogP contribution in [0.4, 0.5) is 0 Å². The van der Waals surface area contributed by atoms with Crippen LogP contribution in [0, 0.1) is 20.8 Å². The van der Waals surface area contributed by atoms with Crippen LogP contribution in [0.2, 0.25) is 0 Å². The van der Waals surface area contributed by atoms with Gasteiger partial charge >= 0.3 is 0 Å². The highest BCUT2D eigenvalue weighted by molar-refractivity contribution is 5.92. The van der Waals surface area contributed by atoms with Crippen LogP contribution in [0.5, 0.6) is 0 Å². The van der Waals surface area contributed by atoms with Gasteiger partial charge in [0, 0.05) is 25.4 Å². The Balaban J connectivity index is 2.70. The topological polar surface area (TPSA) is 50.5 Å². The molecule has 90 valence electrons. The average molecular weight is 232 g/mol. The molecule has 5 nitrogen and oxygen atoms in total. The first kappa shape index (κ1) is 11.6. The minimum absolute atomic E-state index is 0.0890. The third-order valence-electron chi connectivity index (χ3n) is 2.86. The van der Waals surface area contributed by atoms with E-state index in [1.807, 2.05) is 20.8 Å². The van der Waals surface area contributed by atoms with Crippen molar-refractivity contribution in [3.8, 4) is 0 Å². The van der Waals surface area contributed by atoms with E-state index in [-0.39, 0.29) is 5.91 Å². The Labute approximate surface area is 100 Å². The van der Waals surface area contributed by atoms with E-state index in [1.54, 1.807) is 24.7 Å². The van der Waals surface area contributed by atoms with Gasteiger partial charge in [0.05, 0.1) is 5.69 Å². The van der Waals surface area contributed by atoms with Crippen LogP contribution in [0.25, 0.3) is 5.65 Å². The molecule has 5 heteroatoms. The van der Waals surface area contributed by atoms with Gasteiger partial charge < -0.3 is 4.90 Å². The molecule has 0 saturated carbocycles. The highest BCUT2D eigenvalue weighted by atomic mass is 16.2. The highest BCUT2D eigenvalue weighted by Gasteiger charge is 2.15. The molecule has 0 radical (unpaired) electrons. The van der Waals surface area contributed by atoms with Crippen LogP contribution in [0.1, 0.15) is 27.4 Å². The molecule has 2 heterocycles. The summed E-state index contributed by atoms with van der Waals surface area (Å²) in [5.41, 5.74) is 4.09. The number of hydrogen-bond acceptors (Lipinski definition) is 3. The molecule has 2 rings (SSSR count). The molecule has 0 saturated heterocycles. The summed E-state index contributed by atoms with van der Waals surface area (Å²) in [6.45, 7) is 5.83. The zero-order chi connectivity index (χ0) is 12.7. The van der Waals surface area contributed by atoms with E-state index in [0.717, 1.165) is 22.6 Å². The van der Waals surface area contributed by atoms with Crippen molar-refractivity contribution in [2.45, 2.75) is 20.8 Å². The molecule has 0 atom stereocenters. The first-order valence-electron chi connectivity index (χ1n) is 5.47. The summed E-state index contributed by atoms with van der Waals surface area (Å²) in [6.07, 6.45) is 0. The largest absolute Gasteiger partial charge is 0.343 e. The van der Waals surface area contributed by atoms with Gasteiger partial charge in [-0.2, -0.15) is 5.10 Å². The van der Waals surface area contributed by atoms with Crippen molar-refractivity contribution in [3.63, 3.8) is 0 Å². The van der Waals surface area contributed by atoms with Gasteiger partial charge in [-0.15, -0.1) is 0 Å². The Kier molecular flexibility index (Phi) is 2.61. The number of aryl methyl sites for hydroxylation is 3. The normalized spacial score (nSPS) is 10.9. The van der Waals surface area contributed by atoms with E-state index >= 15 is 0 Å². The van der Waals surface area contributed by atoms with Crippen LogP contribution >= 0.6 is 0 Å². The number of amides is 1. The second-order valence-electron chi connectivity index (χ2n) is 4.43. The van der Waals surface area contributed by atoms with Crippen molar-refractivity contribution < 1.29 is 4.79 Å². The lowest BCUT2D eigenvalue weighted by atomic mass is 10.2. The van der Waals surface area contributed by atoms with Gasteiger partial charge in [-0.05, 0) is 26.8 Å². The summed E-state index contributed by atoms with van der Waals surface area (Å²) in [7, 11) is 3.44. The molecule has 2 aromatic heterocycles. The monoisotopic (exact) mass is 232 g/mol. The van der Waals surface area contributed by atoms with Crippen LogP contribution in [-0.2, 0) is 0 Å². The number of nitrogens with zero attached hydrogens (tertiary/aromatic N) is 4. The van der Waals surface area contributed by atoms with Gasteiger partial charge in [0.25, 0.3) is 5.91 Å². The first-order chi connectivity index (χ1) is 7.91. The zero-order valence-electron chi connectivity index (χ0n) is 10.8. The zero-order valence-corrected chi connectivity index (χ0v) is 10.8. The molecule has 0 aliphatic heterocycles. The summed E-state index contributed by atoms with van der Waals surface area (Å²) in [4.78, 5) is 17.8. The van der Waals surface area contributed by atoms with E-state index in [9.17, 15) is 4.79 Å². The maximum atomic E-state index is 11.9. The van der Waals surface area contributed by atoms with Gasteiger partial charge in [0.15, 0.2) is 5.65 Å². The predicted molar refractivity (Wildman–Crippen MR) is 65.2 cm³/mol. The Bertz CT molecular complexity index is 598. The maximum Gasteiger partial charge on any atom is 0.272 e. The van der Waals surface area contributed by atoms with Crippen molar-refractivity contribution in [1.82, 2.24) is 19.5 Å². The molecule has 0 spiro atoms. The van der Waals surface area contributed by atoms with Crippen molar-refractivity contribution in [1.29, 1.82) is 0 Å². The fraction of sp³-hybridized carbons (Fsp3) is 0.417. The second-order valence-corrected chi connectivity index (χ2v) is 4.43. The van der Waals surface area contributed by atoms with Crippen LogP contribution in [-0.4, -0.2) is 39.5 Å². The number of carbonyl (C=O) groups is 1. The Hall–Kier alpha value is -1.91. The van der Waals surface area contributed by atoms with Crippen LogP contribution in [0.15, 0.2) is 6.07 Å². The van der Waals surface area contributed by atoms with Crippen LogP contribution < -0.4 is 0 Å². The molecule has 0 aromatic carbocycles. The SMILES string of the molecule is Cc1nn2c(C)cc(C(=O)N(C)C)nc2c1C. The molecule has 0 fully saturated rings. The van der Waals surface area contributed by atoms with Gasteiger partial charge in [-0.3, -0.25) is 4.79 Å². The van der Waals surface area contributed by atoms with E-state index in [2.05, 4.69) is 10.1 Å². The molecule has 0 aliphatic carbocycles. The fourth-order valence-corrected chi connectivity index (χ4v) is 1.71. The minimum atomic E-state index is -0.0890. The molecule has 0 aliphatic rings. The third kappa shape index (κ3) is 1.77. The molecular weight excluding hydrogens is 216 g/mol. The van der Waals surface area contributed by atoms with E-state index in [0.29, 0.717) is 5.69 Å². The van der Waals surface area contributed by atoms with Crippen LogP contribution in [0.3, 0.4) is 0 Å². The Morgan fingerprint density at radius 1 is 1.29 bits per heavy atom. The predicted octanol–water partition coefficient (Wildman–Crippen LogP) is 1.36. The molecular formula is C12H16N4O. The van der Waals surface area contributed by atoms with Gasteiger partial charge in [-0.25, -0.2) is 9.50 Å². The standard InChI is InChI=1S/C12H16N4O/c1-7-6-10(12(17)15(4)5)13-11-8(2)9(3)14-16(7)11/h6H,1-5H3. The smallest absolute Gasteiger partial charge is 0.272 e. The molecule has 0 unspecified atom stereocenters. The third-order valence-corrected chi connectivity index (χ3v) is 2.86. The van der Waals surface area contributed by atoms with Crippen molar-refractivity contribution in [2.75, 3.05) is 14.1 Å².